The molecule has 80 heavy (non-hydrogen) atoms. The summed E-state index contributed by atoms with van der Waals surface area (Å²) < 4.78 is 0. The minimum Gasteiger partial charge on any atom is -0.508 e. The van der Waals surface area contributed by atoms with Crippen LogP contribution in [0.1, 0.15) is 50.2 Å². The fourth-order valence-electron chi connectivity index (χ4n) is 9.96. The Kier molecular flexibility index (Phi) is 20.1. The highest BCUT2D eigenvalue weighted by Crippen LogP contribution is 2.57. The Morgan fingerprint density at radius 2 is 1.55 bits per heavy atom. The van der Waals surface area contributed by atoms with E-state index < -0.39 is 184 Å². The van der Waals surface area contributed by atoms with Gasteiger partial charge in [-0.05, 0) is 58.5 Å². The molecule has 9 amide bonds. The highest BCUT2D eigenvalue weighted by atomic mass is 16.4. The standard InChI is InChI=1S/C25H43N13O10.C22H24N2O8/c26-3-1-2-10(27)4-16(41)32-12-6-30-23(47)18(11-5-17(42)37-24(28)36-11)38-20(44)13(7-31-25(29)48)33-21(45)14(8-39)35-22(46)15(9-40)34-19(12)43;1-21(31)8-5-4-6-11(25)12(8)16(26)13-9(21)7-10-15(24(2)3)17(27)14(20(23)30)19(29)22(10,32)18(13)28/h7,10-12,14-15,17-18,39-40,42H,1-6,8-9,26-27H2,(H,30,47)(H,32,41)(H,33,45)(H,34,43)(H,35,46)(H,38,44)(H3,28,36,37)(H3,29,31,48);4-6,9-10,15,25-26,29,31-32H,7H2,1-3H3,(H2,23,30)/b13-7-;/t10-,11+,12-,14-,15-,17-,18-;9-,10-,15-,21+,22-/m00/s1. The summed E-state index contributed by atoms with van der Waals surface area (Å²) in [6, 6.07) is -6.65. The van der Waals surface area contributed by atoms with E-state index in [0.717, 1.165) is 0 Å². The van der Waals surface area contributed by atoms with Crippen molar-refractivity contribution >= 4 is 70.7 Å². The van der Waals surface area contributed by atoms with Crippen LogP contribution in [0.25, 0.3) is 5.76 Å². The fourth-order valence-corrected chi connectivity index (χ4v) is 9.96. The van der Waals surface area contributed by atoms with Crippen molar-refractivity contribution in [2.24, 2.45) is 45.5 Å². The van der Waals surface area contributed by atoms with Gasteiger partial charge in [0.15, 0.2) is 23.6 Å². The first kappa shape index (κ1) is 62.5. The minimum atomic E-state index is -2.75. The number of rotatable bonds is 12. The average Bonchev–Trinajstić information content (AvgIpc) is 3.37. The Morgan fingerprint density at radius 1 is 0.912 bits per heavy atom. The Labute approximate surface area is 454 Å². The third-order valence-electron chi connectivity index (χ3n) is 13.9. The number of primary amides is 2. The number of fused-ring (bicyclic) bond motifs is 3. The van der Waals surface area contributed by atoms with Crippen molar-refractivity contribution in [3.8, 4) is 5.75 Å². The van der Waals surface area contributed by atoms with Gasteiger partial charge >= 0.3 is 6.03 Å². The van der Waals surface area contributed by atoms with Crippen LogP contribution in [-0.2, 0) is 48.8 Å². The number of ketones is 2. The molecule has 0 radical (unpaired) electrons. The average molecular weight is 1130 g/mol. The number of aromatic hydroxyl groups is 1. The smallest absolute Gasteiger partial charge is 0.316 e. The Balaban J connectivity index is 0.000000316. The molecule has 438 valence electrons. The molecular formula is C47H67N15O18. The zero-order valence-corrected chi connectivity index (χ0v) is 43.4. The maximum Gasteiger partial charge on any atom is 0.316 e. The third kappa shape index (κ3) is 13.2. The quantitative estimate of drug-likeness (QED) is 0.0683. The summed E-state index contributed by atoms with van der Waals surface area (Å²) in [7, 11) is 3.01. The molecule has 6 rings (SSSR count). The molecule has 1 saturated heterocycles. The van der Waals surface area contributed by atoms with Gasteiger partial charge in [-0.15, -0.1) is 0 Å². The summed E-state index contributed by atoms with van der Waals surface area (Å²) >= 11 is 0. The molecule has 12 atom stereocenters. The second kappa shape index (κ2) is 25.7. The number of hydrogen-bond donors (Lipinski definition) is 21. The summed E-state index contributed by atoms with van der Waals surface area (Å²) in [5.74, 6) is -14.6. The van der Waals surface area contributed by atoms with Crippen molar-refractivity contribution in [2.75, 3.05) is 40.4 Å². The number of aliphatic hydroxyl groups is 7. The summed E-state index contributed by atoms with van der Waals surface area (Å²) in [4.78, 5) is 134. The van der Waals surface area contributed by atoms with E-state index in [1.807, 2.05) is 5.32 Å². The SMILES string of the molecule is CN(C)[C@@H]1C(=O)C(C(N)=O)=C(O)[C@@]2(O)C(=O)C3=C(O)c4c(O)cccc4[C@@](C)(O)[C@H]3C[C@@H]12.NCCC[C@H](N)CC(=O)N[C@H]1CNC(=O)[C@H]([C@H]2C[C@H](O)N=C(N)N2)NC(=O)/C(=C/NC(N)=O)NC(=O)[C@H](CO)NC(=O)[C@H](CO)NC1=O. The normalized spacial score (nSPS) is 30.3. The van der Waals surface area contributed by atoms with Crippen molar-refractivity contribution in [3.63, 3.8) is 0 Å². The lowest BCUT2D eigenvalue weighted by molar-refractivity contribution is -0.159. The van der Waals surface area contributed by atoms with Crippen LogP contribution in [0.2, 0.25) is 0 Å². The van der Waals surface area contributed by atoms with E-state index in [1.165, 1.54) is 44.1 Å². The first-order valence-electron chi connectivity index (χ1n) is 24.7. The number of likely N-dealkylation sites (N-methyl/N-ethyl adjacent to an activating group) is 1. The van der Waals surface area contributed by atoms with Crippen LogP contribution >= 0.6 is 0 Å². The predicted molar refractivity (Wildman–Crippen MR) is 274 cm³/mol. The second-order valence-electron chi connectivity index (χ2n) is 19.7. The number of aliphatic hydroxyl groups excluding tert-OH is 5. The van der Waals surface area contributed by atoms with Gasteiger partial charge in [0.2, 0.25) is 35.3 Å². The molecule has 33 heteroatoms. The molecule has 0 spiro atoms. The lowest BCUT2D eigenvalue weighted by atomic mass is 9.54. The van der Waals surface area contributed by atoms with Crippen LogP contribution in [0.4, 0.5) is 4.79 Å². The zero-order valence-electron chi connectivity index (χ0n) is 43.4. The third-order valence-corrected chi connectivity index (χ3v) is 13.9. The van der Waals surface area contributed by atoms with E-state index in [-0.39, 0.29) is 36.3 Å². The number of carbonyl (C=O) groups excluding carboxylic acids is 10. The van der Waals surface area contributed by atoms with Crippen LogP contribution in [0.15, 0.2) is 52.0 Å². The number of nitrogens with two attached hydrogens (primary N) is 5. The van der Waals surface area contributed by atoms with Gasteiger partial charge in [0, 0.05) is 49.0 Å². The van der Waals surface area contributed by atoms with Crippen LogP contribution < -0.4 is 71.2 Å². The van der Waals surface area contributed by atoms with E-state index >= 15 is 0 Å². The van der Waals surface area contributed by atoms with Crippen molar-refractivity contribution in [1.82, 2.24) is 47.4 Å². The molecule has 0 bridgehead atoms. The van der Waals surface area contributed by atoms with E-state index in [0.29, 0.717) is 25.6 Å². The number of guanidine groups is 1. The monoisotopic (exact) mass is 1130 g/mol. The molecule has 5 aliphatic rings. The molecule has 2 heterocycles. The number of amides is 9. The highest BCUT2D eigenvalue weighted by molar-refractivity contribution is 6.24. The first-order chi connectivity index (χ1) is 37.5. The van der Waals surface area contributed by atoms with Gasteiger partial charge < -0.3 is 112 Å². The Bertz CT molecular complexity index is 2800. The summed E-state index contributed by atoms with van der Waals surface area (Å²) in [5, 5.41) is 103. The van der Waals surface area contributed by atoms with Gasteiger partial charge in [0.25, 0.3) is 11.8 Å². The maximum absolute atomic E-state index is 13.7. The molecule has 2 fully saturated rings. The molecule has 26 N–H and O–H groups in total. The second-order valence-corrected chi connectivity index (χ2v) is 19.7. The topological polar surface area (TPSA) is 574 Å². The number of carbonyl (C=O) groups is 10. The molecule has 1 aromatic rings. The summed E-state index contributed by atoms with van der Waals surface area (Å²) in [6.07, 6.45) is -0.539. The van der Waals surface area contributed by atoms with Crippen LogP contribution in [-0.4, -0.2) is 205 Å². The molecule has 0 aromatic heterocycles. The molecule has 33 nitrogen and oxygen atoms in total. The van der Waals surface area contributed by atoms with E-state index in [9.17, 15) is 88.8 Å². The molecule has 2 aliphatic heterocycles. The van der Waals surface area contributed by atoms with Crippen LogP contribution in [0.3, 0.4) is 0 Å². The highest BCUT2D eigenvalue weighted by Gasteiger charge is 2.66. The Hall–Kier alpha value is -8.31. The fraction of sp³-hybridized carbons (Fsp3) is 0.511. The van der Waals surface area contributed by atoms with Gasteiger partial charge in [-0.1, -0.05) is 12.1 Å². The minimum absolute atomic E-state index is 0.170. The van der Waals surface area contributed by atoms with E-state index in [1.54, 1.807) is 0 Å². The Morgan fingerprint density at radius 3 is 2.14 bits per heavy atom. The van der Waals surface area contributed by atoms with Gasteiger partial charge in [-0.3, -0.25) is 48.1 Å². The van der Waals surface area contributed by atoms with Crippen LogP contribution in [0, 0.1) is 11.8 Å². The predicted octanol–water partition coefficient (Wildman–Crippen LogP) is -9.25. The lowest BCUT2D eigenvalue weighted by Gasteiger charge is -2.53. The first-order valence-corrected chi connectivity index (χ1v) is 24.7. The van der Waals surface area contributed by atoms with Crippen molar-refractivity contribution in [1.29, 1.82) is 0 Å². The number of phenolic OH excluding ortho intramolecular Hbond substituents is 1. The van der Waals surface area contributed by atoms with Crippen LogP contribution in [0.5, 0.6) is 5.75 Å². The number of aliphatic imine (C=N–C) groups is 1. The van der Waals surface area contributed by atoms with Crippen molar-refractivity contribution in [3.05, 3.63) is 58.1 Å². The van der Waals surface area contributed by atoms with Gasteiger partial charge in [-0.2, -0.15) is 0 Å². The molecular weight excluding hydrogens is 1060 g/mol. The maximum atomic E-state index is 13.7. The number of Topliss-reactive ketones (excluding diaryl/α,β-unsaturated/α-hetero) is 2. The molecule has 0 unspecified atom stereocenters. The largest absolute Gasteiger partial charge is 0.508 e. The number of phenols is 1. The lowest BCUT2D eigenvalue weighted by Crippen LogP contribution is -2.67. The molecule has 3 aliphatic carbocycles. The van der Waals surface area contributed by atoms with E-state index in [2.05, 4.69) is 42.2 Å². The number of nitrogens with zero attached hydrogens (tertiary/aromatic N) is 2. The number of urea groups is 1. The number of hydrogen-bond acceptors (Lipinski definition) is 24. The summed E-state index contributed by atoms with van der Waals surface area (Å²) in [5.41, 5.74) is 20.9. The summed E-state index contributed by atoms with van der Waals surface area (Å²) in [6.45, 7) is -0.957. The molecule has 1 aromatic carbocycles. The van der Waals surface area contributed by atoms with Gasteiger partial charge in [0.1, 0.15) is 52.7 Å². The van der Waals surface area contributed by atoms with Crippen molar-refractivity contribution < 1.29 is 88.8 Å². The van der Waals surface area contributed by atoms with Crippen molar-refractivity contribution in [2.45, 2.75) is 98.8 Å². The zero-order chi connectivity index (χ0) is 59.9. The van der Waals surface area contributed by atoms with Gasteiger partial charge in [0.05, 0.1) is 36.5 Å². The van der Waals surface area contributed by atoms with E-state index in [4.69, 9.17) is 28.7 Å². The van der Waals surface area contributed by atoms with Gasteiger partial charge in [-0.25, -0.2) is 9.79 Å². The molecule has 1 saturated carbocycles. The number of benzene rings is 1. The number of nitrogens with one attached hydrogen (secondary N) is 8.